The molecule has 76 valence electrons. The van der Waals surface area contributed by atoms with E-state index in [0.29, 0.717) is 17.1 Å². The van der Waals surface area contributed by atoms with Crippen LogP contribution in [0.25, 0.3) is 0 Å². The summed E-state index contributed by atoms with van der Waals surface area (Å²) in [7, 11) is 0. The number of rotatable bonds is 4. The number of nitrogens with zero attached hydrogens (tertiary/aromatic N) is 1. The Hall–Kier alpha value is -1.23. The number of nitrogens with two attached hydrogens (primary N) is 2. The highest BCUT2D eigenvalue weighted by Gasteiger charge is 2.16. The number of hydrogen-bond donors (Lipinski definition) is 2. The van der Waals surface area contributed by atoms with Crippen molar-refractivity contribution in [3.63, 3.8) is 0 Å². The SMILES string of the molecule is CCC(Sc1ncccc1N)C(N)=O. The Labute approximate surface area is 87.1 Å². The minimum absolute atomic E-state index is 0.257. The monoisotopic (exact) mass is 211 g/mol. The number of primary amides is 1. The molecule has 0 bridgehead atoms. The summed E-state index contributed by atoms with van der Waals surface area (Å²) in [5.41, 5.74) is 11.5. The Bertz CT molecular complexity index is 330. The molecule has 1 aromatic rings. The molecule has 0 aromatic carbocycles. The smallest absolute Gasteiger partial charge is 0.230 e. The van der Waals surface area contributed by atoms with E-state index >= 15 is 0 Å². The minimum Gasteiger partial charge on any atom is -0.397 e. The van der Waals surface area contributed by atoms with Gasteiger partial charge in [-0.2, -0.15) is 0 Å². The van der Waals surface area contributed by atoms with Gasteiger partial charge in [-0.25, -0.2) is 4.98 Å². The lowest BCUT2D eigenvalue weighted by Gasteiger charge is -2.10. The molecule has 4 nitrogen and oxygen atoms in total. The lowest BCUT2D eigenvalue weighted by Crippen LogP contribution is -2.25. The number of amides is 1. The average Bonchev–Trinajstić information content (AvgIpc) is 2.16. The van der Waals surface area contributed by atoms with Crippen molar-refractivity contribution in [2.75, 3.05) is 5.73 Å². The Balaban J connectivity index is 2.77. The third-order valence-corrected chi connectivity index (χ3v) is 3.16. The summed E-state index contributed by atoms with van der Waals surface area (Å²) >= 11 is 1.31. The fourth-order valence-electron chi connectivity index (χ4n) is 0.979. The molecule has 5 heteroatoms. The molecule has 1 atom stereocenters. The number of carbonyl (C=O) groups excluding carboxylic acids is 1. The third kappa shape index (κ3) is 2.63. The van der Waals surface area contributed by atoms with Crippen LogP contribution >= 0.6 is 11.8 Å². The van der Waals surface area contributed by atoms with E-state index < -0.39 is 0 Å². The van der Waals surface area contributed by atoms with Gasteiger partial charge in [-0.15, -0.1) is 0 Å². The van der Waals surface area contributed by atoms with Crippen molar-refractivity contribution in [3.05, 3.63) is 18.3 Å². The molecule has 0 aliphatic rings. The van der Waals surface area contributed by atoms with Gasteiger partial charge in [0.15, 0.2) is 0 Å². The van der Waals surface area contributed by atoms with Crippen molar-refractivity contribution in [1.29, 1.82) is 0 Å². The fourth-order valence-corrected chi connectivity index (χ4v) is 1.86. The van der Waals surface area contributed by atoms with Crippen LogP contribution in [0.4, 0.5) is 5.69 Å². The summed E-state index contributed by atoms with van der Waals surface area (Å²) in [5, 5.41) is 0.408. The lowest BCUT2D eigenvalue weighted by molar-refractivity contribution is -0.117. The van der Waals surface area contributed by atoms with E-state index in [1.807, 2.05) is 6.92 Å². The molecule has 0 aliphatic carbocycles. The highest BCUT2D eigenvalue weighted by molar-refractivity contribution is 8.00. The Morgan fingerprint density at radius 2 is 2.43 bits per heavy atom. The van der Waals surface area contributed by atoms with E-state index in [9.17, 15) is 4.79 Å². The molecule has 0 radical (unpaired) electrons. The molecule has 0 spiro atoms. The highest BCUT2D eigenvalue weighted by atomic mass is 32.2. The summed E-state index contributed by atoms with van der Waals surface area (Å²) in [4.78, 5) is 15.1. The second kappa shape index (κ2) is 4.85. The van der Waals surface area contributed by atoms with Crippen molar-refractivity contribution in [1.82, 2.24) is 4.98 Å². The van der Waals surface area contributed by atoms with Gasteiger partial charge in [-0.1, -0.05) is 18.7 Å². The number of aromatic nitrogens is 1. The Kier molecular flexibility index (Phi) is 3.76. The maximum atomic E-state index is 11.0. The van der Waals surface area contributed by atoms with Gasteiger partial charge in [0.2, 0.25) is 5.91 Å². The summed E-state index contributed by atoms with van der Waals surface area (Å²) < 4.78 is 0. The zero-order valence-electron chi connectivity index (χ0n) is 7.93. The van der Waals surface area contributed by atoms with Gasteiger partial charge in [0, 0.05) is 6.20 Å². The topological polar surface area (TPSA) is 82.0 Å². The number of pyridine rings is 1. The van der Waals surface area contributed by atoms with Crippen LogP contribution in [-0.2, 0) is 4.79 Å². The first kappa shape index (κ1) is 10.8. The fraction of sp³-hybridized carbons (Fsp3) is 0.333. The first-order valence-corrected chi connectivity index (χ1v) is 5.19. The van der Waals surface area contributed by atoms with Crippen LogP contribution in [0.3, 0.4) is 0 Å². The van der Waals surface area contributed by atoms with Crippen molar-refractivity contribution in [3.8, 4) is 0 Å². The molecule has 1 heterocycles. The van der Waals surface area contributed by atoms with Crippen LogP contribution in [0.2, 0.25) is 0 Å². The van der Waals surface area contributed by atoms with E-state index in [1.165, 1.54) is 11.8 Å². The molecule has 4 N–H and O–H groups in total. The standard InChI is InChI=1S/C9H13N3OS/c1-2-7(8(11)13)14-9-6(10)4-3-5-12-9/h3-5,7H,2,10H2,1H3,(H2,11,13). The quantitative estimate of drug-likeness (QED) is 0.728. The molecular weight excluding hydrogens is 198 g/mol. The average molecular weight is 211 g/mol. The first-order chi connectivity index (χ1) is 6.65. The lowest BCUT2D eigenvalue weighted by atomic mass is 10.3. The molecule has 0 saturated carbocycles. The van der Waals surface area contributed by atoms with E-state index in [-0.39, 0.29) is 11.2 Å². The summed E-state index contributed by atoms with van der Waals surface area (Å²) in [6.45, 7) is 1.90. The zero-order chi connectivity index (χ0) is 10.6. The predicted molar refractivity (Wildman–Crippen MR) is 57.8 cm³/mol. The summed E-state index contributed by atoms with van der Waals surface area (Å²) in [6.07, 6.45) is 2.32. The molecule has 1 rings (SSSR count). The van der Waals surface area contributed by atoms with Crippen molar-refractivity contribution in [2.24, 2.45) is 5.73 Å². The van der Waals surface area contributed by atoms with Gasteiger partial charge >= 0.3 is 0 Å². The summed E-state index contributed by atoms with van der Waals surface area (Å²) in [6, 6.07) is 3.51. The van der Waals surface area contributed by atoms with E-state index in [1.54, 1.807) is 18.3 Å². The normalized spacial score (nSPS) is 12.4. The highest BCUT2D eigenvalue weighted by Crippen LogP contribution is 2.27. The molecule has 0 aliphatic heterocycles. The van der Waals surface area contributed by atoms with Crippen LogP contribution in [0.1, 0.15) is 13.3 Å². The van der Waals surface area contributed by atoms with Crippen molar-refractivity contribution < 1.29 is 4.79 Å². The van der Waals surface area contributed by atoms with Crippen molar-refractivity contribution >= 4 is 23.4 Å². The molecule has 0 saturated heterocycles. The Morgan fingerprint density at radius 1 is 1.71 bits per heavy atom. The number of thioether (sulfide) groups is 1. The molecule has 14 heavy (non-hydrogen) atoms. The van der Waals surface area contributed by atoms with Gasteiger partial charge in [0.1, 0.15) is 5.03 Å². The van der Waals surface area contributed by atoms with Gasteiger partial charge in [0.05, 0.1) is 10.9 Å². The predicted octanol–water partition coefficient (Wildman–Crippen LogP) is 1.02. The number of carbonyl (C=O) groups is 1. The molecule has 1 unspecified atom stereocenters. The van der Waals surface area contributed by atoms with Crippen LogP contribution in [0.15, 0.2) is 23.4 Å². The molecule has 1 amide bonds. The zero-order valence-corrected chi connectivity index (χ0v) is 8.75. The second-order valence-corrected chi connectivity index (χ2v) is 4.01. The van der Waals surface area contributed by atoms with E-state index in [2.05, 4.69) is 4.98 Å². The van der Waals surface area contributed by atoms with E-state index in [0.717, 1.165) is 0 Å². The van der Waals surface area contributed by atoms with E-state index in [4.69, 9.17) is 11.5 Å². The Morgan fingerprint density at radius 3 is 2.93 bits per heavy atom. The first-order valence-electron chi connectivity index (χ1n) is 4.31. The number of nitrogen functional groups attached to an aromatic ring is 1. The minimum atomic E-state index is -0.331. The largest absolute Gasteiger partial charge is 0.397 e. The van der Waals surface area contributed by atoms with Gasteiger partial charge in [-0.05, 0) is 18.6 Å². The summed E-state index contributed by atoms with van der Waals surface area (Å²) in [5.74, 6) is -0.331. The number of anilines is 1. The van der Waals surface area contributed by atoms with Crippen molar-refractivity contribution in [2.45, 2.75) is 23.6 Å². The van der Waals surface area contributed by atoms with Gasteiger partial charge in [0.25, 0.3) is 0 Å². The van der Waals surface area contributed by atoms with Crippen LogP contribution in [0, 0.1) is 0 Å². The second-order valence-electron chi connectivity index (χ2n) is 2.81. The van der Waals surface area contributed by atoms with Crippen LogP contribution in [0.5, 0.6) is 0 Å². The maximum Gasteiger partial charge on any atom is 0.230 e. The van der Waals surface area contributed by atoms with Crippen LogP contribution < -0.4 is 11.5 Å². The molecule has 0 fully saturated rings. The molecular formula is C9H13N3OS. The van der Waals surface area contributed by atoms with Gasteiger partial charge < -0.3 is 11.5 Å². The third-order valence-electron chi connectivity index (χ3n) is 1.74. The number of hydrogen-bond acceptors (Lipinski definition) is 4. The maximum absolute atomic E-state index is 11.0. The van der Waals surface area contributed by atoms with Crippen LogP contribution in [-0.4, -0.2) is 16.1 Å². The molecule has 1 aromatic heterocycles. The van der Waals surface area contributed by atoms with Gasteiger partial charge in [-0.3, -0.25) is 4.79 Å².